The summed E-state index contributed by atoms with van der Waals surface area (Å²) in [6.07, 6.45) is 2.38. The normalized spacial score (nSPS) is 17.9. The molecule has 1 aliphatic heterocycles. The maximum Gasteiger partial charge on any atom is 0.205 e. The molecule has 5 heteroatoms. The van der Waals surface area contributed by atoms with Crippen LogP contribution in [0.25, 0.3) is 0 Å². The minimum Gasteiger partial charge on any atom is -0.362 e. The van der Waals surface area contributed by atoms with Crippen LogP contribution in [0.3, 0.4) is 0 Å². The number of para-hydroxylation sites is 1. The number of benzene rings is 1. The van der Waals surface area contributed by atoms with Crippen molar-refractivity contribution in [3.63, 3.8) is 0 Å². The van der Waals surface area contributed by atoms with Crippen LogP contribution in [0.2, 0.25) is 0 Å². The number of fused-ring (bicyclic) bond motifs is 1. The maximum atomic E-state index is 4.30. The molecule has 4 nitrogen and oxygen atoms in total. The van der Waals surface area contributed by atoms with Gasteiger partial charge in [0.25, 0.3) is 0 Å². The molecule has 0 bridgehead atoms. The molecule has 0 saturated heterocycles. The van der Waals surface area contributed by atoms with Crippen molar-refractivity contribution in [2.75, 3.05) is 16.8 Å². The number of nitrogens with zero attached hydrogens (tertiary/aromatic N) is 3. The van der Waals surface area contributed by atoms with Crippen molar-refractivity contribution in [3.8, 4) is 0 Å². The van der Waals surface area contributed by atoms with E-state index in [-0.39, 0.29) is 0 Å². The highest BCUT2D eigenvalue weighted by atomic mass is 32.1. The van der Waals surface area contributed by atoms with Crippen LogP contribution in [0.15, 0.2) is 24.3 Å². The molecule has 3 rings (SSSR count). The van der Waals surface area contributed by atoms with Gasteiger partial charge in [0, 0.05) is 18.3 Å². The third-order valence-electron chi connectivity index (χ3n) is 3.77. The lowest BCUT2D eigenvalue weighted by molar-refractivity contribution is 0.558. The van der Waals surface area contributed by atoms with Crippen LogP contribution in [-0.4, -0.2) is 22.8 Å². The molecular weight excluding hydrogens is 268 g/mol. The first-order chi connectivity index (χ1) is 9.78. The highest BCUT2D eigenvalue weighted by Gasteiger charge is 2.23. The smallest absolute Gasteiger partial charge is 0.205 e. The Morgan fingerprint density at radius 2 is 2.20 bits per heavy atom. The molecule has 1 aromatic carbocycles. The quantitative estimate of drug-likeness (QED) is 0.937. The zero-order valence-electron chi connectivity index (χ0n) is 12.0. The van der Waals surface area contributed by atoms with Crippen LogP contribution >= 0.6 is 11.3 Å². The Kier molecular flexibility index (Phi) is 3.87. The Hall–Kier alpha value is -1.62. The molecule has 2 aromatic rings. The first-order valence-electron chi connectivity index (χ1n) is 7.18. The number of anilines is 2. The molecule has 1 aromatic heterocycles. The van der Waals surface area contributed by atoms with E-state index in [1.54, 1.807) is 11.3 Å². The van der Waals surface area contributed by atoms with Gasteiger partial charge in [-0.15, -0.1) is 10.2 Å². The average Bonchev–Trinajstić information content (AvgIpc) is 2.90. The molecule has 0 aliphatic carbocycles. The first-order valence-corrected chi connectivity index (χ1v) is 8.00. The van der Waals surface area contributed by atoms with Crippen molar-refractivity contribution in [2.24, 2.45) is 0 Å². The SMILES string of the molecule is CCNc1nnc(CN2c3ccccc3CCC2C)s1. The second kappa shape index (κ2) is 5.79. The van der Waals surface area contributed by atoms with E-state index >= 15 is 0 Å². The summed E-state index contributed by atoms with van der Waals surface area (Å²) < 4.78 is 0. The molecule has 2 heterocycles. The summed E-state index contributed by atoms with van der Waals surface area (Å²) >= 11 is 1.65. The van der Waals surface area contributed by atoms with Crippen LogP contribution in [-0.2, 0) is 13.0 Å². The van der Waals surface area contributed by atoms with Crippen molar-refractivity contribution < 1.29 is 0 Å². The Morgan fingerprint density at radius 3 is 3.05 bits per heavy atom. The highest BCUT2D eigenvalue weighted by Crippen LogP contribution is 2.32. The molecule has 0 spiro atoms. The van der Waals surface area contributed by atoms with Crippen molar-refractivity contribution in [3.05, 3.63) is 34.8 Å². The second-order valence-electron chi connectivity index (χ2n) is 5.18. The summed E-state index contributed by atoms with van der Waals surface area (Å²) in [5.41, 5.74) is 2.80. The van der Waals surface area contributed by atoms with Crippen molar-refractivity contribution in [1.82, 2.24) is 10.2 Å². The van der Waals surface area contributed by atoms with Gasteiger partial charge in [0.15, 0.2) is 0 Å². The topological polar surface area (TPSA) is 41.1 Å². The van der Waals surface area contributed by atoms with E-state index in [0.717, 1.165) is 23.2 Å². The van der Waals surface area contributed by atoms with Crippen LogP contribution in [0.5, 0.6) is 0 Å². The fourth-order valence-electron chi connectivity index (χ4n) is 2.69. The van der Waals surface area contributed by atoms with E-state index in [9.17, 15) is 0 Å². The molecule has 20 heavy (non-hydrogen) atoms. The van der Waals surface area contributed by atoms with Gasteiger partial charge in [-0.25, -0.2) is 0 Å². The monoisotopic (exact) mass is 288 g/mol. The fourth-order valence-corrected chi connectivity index (χ4v) is 3.49. The van der Waals surface area contributed by atoms with Gasteiger partial charge in [0.05, 0.1) is 6.54 Å². The molecule has 0 fully saturated rings. The van der Waals surface area contributed by atoms with E-state index in [4.69, 9.17) is 0 Å². The van der Waals surface area contributed by atoms with Crippen LogP contribution in [0.1, 0.15) is 30.8 Å². The van der Waals surface area contributed by atoms with E-state index < -0.39 is 0 Å². The lowest BCUT2D eigenvalue weighted by Crippen LogP contribution is -2.36. The Labute approximate surface area is 123 Å². The third-order valence-corrected chi connectivity index (χ3v) is 4.63. The van der Waals surface area contributed by atoms with E-state index in [1.165, 1.54) is 24.1 Å². The number of rotatable bonds is 4. The Balaban J connectivity index is 1.82. The van der Waals surface area contributed by atoms with Gasteiger partial charge >= 0.3 is 0 Å². The van der Waals surface area contributed by atoms with E-state index in [2.05, 4.69) is 58.5 Å². The van der Waals surface area contributed by atoms with Gasteiger partial charge in [-0.2, -0.15) is 0 Å². The molecule has 1 atom stereocenters. The van der Waals surface area contributed by atoms with Crippen molar-refractivity contribution >= 4 is 22.2 Å². The summed E-state index contributed by atoms with van der Waals surface area (Å²) in [7, 11) is 0. The highest BCUT2D eigenvalue weighted by molar-refractivity contribution is 7.15. The maximum absolute atomic E-state index is 4.30. The first kappa shape index (κ1) is 13.4. The van der Waals surface area contributed by atoms with Crippen LogP contribution in [0.4, 0.5) is 10.8 Å². The zero-order chi connectivity index (χ0) is 13.9. The predicted octanol–water partition coefficient (Wildman–Crippen LogP) is 3.31. The summed E-state index contributed by atoms with van der Waals surface area (Å²) in [6, 6.07) is 9.25. The van der Waals surface area contributed by atoms with Gasteiger partial charge in [-0.05, 0) is 38.3 Å². The summed E-state index contributed by atoms with van der Waals surface area (Å²) in [4.78, 5) is 2.45. The molecular formula is C15H20N4S. The molecule has 0 saturated carbocycles. The molecule has 1 N–H and O–H groups in total. The molecule has 106 valence electrons. The van der Waals surface area contributed by atoms with Crippen LogP contribution in [0, 0.1) is 0 Å². The number of hydrogen-bond acceptors (Lipinski definition) is 5. The molecule has 0 amide bonds. The summed E-state index contributed by atoms with van der Waals surface area (Å²) in [5, 5.41) is 13.7. The van der Waals surface area contributed by atoms with Gasteiger partial charge in [0.2, 0.25) is 5.13 Å². The lowest BCUT2D eigenvalue weighted by Gasteiger charge is -2.36. The van der Waals surface area contributed by atoms with E-state index in [0.29, 0.717) is 6.04 Å². The standard InChI is InChI=1S/C15H20N4S/c1-3-16-15-18-17-14(20-15)10-19-11(2)8-9-12-6-4-5-7-13(12)19/h4-7,11H,3,8-10H2,1-2H3,(H,16,18). The van der Waals surface area contributed by atoms with Gasteiger partial charge in [0.1, 0.15) is 5.01 Å². The van der Waals surface area contributed by atoms with Gasteiger partial charge in [-0.1, -0.05) is 29.5 Å². The predicted molar refractivity (Wildman–Crippen MR) is 84.5 cm³/mol. The van der Waals surface area contributed by atoms with Crippen molar-refractivity contribution in [2.45, 2.75) is 39.3 Å². The van der Waals surface area contributed by atoms with E-state index in [1.807, 2.05) is 0 Å². The third kappa shape index (κ3) is 2.63. The summed E-state index contributed by atoms with van der Waals surface area (Å²) in [5.74, 6) is 0. The number of nitrogens with one attached hydrogen (secondary N) is 1. The number of hydrogen-bond donors (Lipinski definition) is 1. The van der Waals surface area contributed by atoms with Gasteiger partial charge < -0.3 is 10.2 Å². The minimum absolute atomic E-state index is 0.552. The zero-order valence-corrected chi connectivity index (χ0v) is 12.8. The fraction of sp³-hybridized carbons (Fsp3) is 0.467. The molecule has 0 radical (unpaired) electrons. The molecule has 1 unspecified atom stereocenters. The number of aromatic nitrogens is 2. The summed E-state index contributed by atoms with van der Waals surface area (Å²) in [6.45, 7) is 6.10. The second-order valence-corrected chi connectivity index (χ2v) is 6.24. The van der Waals surface area contributed by atoms with Crippen LogP contribution < -0.4 is 10.2 Å². The van der Waals surface area contributed by atoms with Crippen molar-refractivity contribution in [1.29, 1.82) is 0 Å². The largest absolute Gasteiger partial charge is 0.362 e. The minimum atomic E-state index is 0.552. The number of aryl methyl sites for hydroxylation is 1. The Morgan fingerprint density at radius 1 is 1.35 bits per heavy atom. The lowest BCUT2D eigenvalue weighted by atomic mass is 9.97. The molecule has 1 aliphatic rings. The Bertz CT molecular complexity index is 581. The van der Waals surface area contributed by atoms with Gasteiger partial charge in [-0.3, -0.25) is 0 Å². The average molecular weight is 288 g/mol.